The SMILES string of the molecule is CCCNc1ncc(-c2nccn2C(CO)c2ccc(F)cc2)cn1. The third kappa shape index (κ3) is 3.83. The summed E-state index contributed by atoms with van der Waals surface area (Å²) in [5.41, 5.74) is 1.54. The summed E-state index contributed by atoms with van der Waals surface area (Å²) in [4.78, 5) is 13.0. The average Bonchev–Trinajstić information content (AvgIpc) is 3.12. The number of nitrogens with one attached hydrogen (secondary N) is 1. The zero-order valence-corrected chi connectivity index (χ0v) is 13.9. The highest BCUT2D eigenvalue weighted by atomic mass is 19.1. The molecule has 25 heavy (non-hydrogen) atoms. The standard InChI is InChI=1S/C18H20FN5O/c1-2-7-21-18-22-10-14(11-23-18)17-20-8-9-24(17)16(12-25)13-3-5-15(19)6-4-13/h3-6,8-11,16,25H,2,7,12H2,1H3,(H,21,22,23). The fourth-order valence-electron chi connectivity index (χ4n) is 2.60. The van der Waals surface area contributed by atoms with E-state index < -0.39 is 0 Å². The Labute approximate surface area is 145 Å². The fraction of sp³-hybridized carbons (Fsp3) is 0.278. The van der Waals surface area contributed by atoms with Crippen LogP contribution in [0.25, 0.3) is 11.4 Å². The van der Waals surface area contributed by atoms with E-state index in [-0.39, 0.29) is 18.5 Å². The summed E-state index contributed by atoms with van der Waals surface area (Å²) in [5.74, 6) is 0.904. The lowest BCUT2D eigenvalue weighted by Crippen LogP contribution is -2.15. The molecule has 0 aliphatic rings. The normalized spacial score (nSPS) is 12.1. The second-order valence-corrected chi connectivity index (χ2v) is 5.63. The molecular weight excluding hydrogens is 321 g/mol. The first-order chi connectivity index (χ1) is 12.2. The Kier molecular flexibility index (Phi) is 5.35. The molecule has 3 aromatic rings. The lowest BCUT2D eigenvalue weighted by Gasteiger charge is -2.19. The maximum Gasteiger partial charge on any atom is 0.222 e. The van der Waals surface area contributed by atoms with E-state index in [0.717, 1.165) is 24.1 Å². The predicted molar refractivity (Wildman–Crippen MR) is 93.7 cm³/mol. The molecule has 0 bridgehead atoms. The maximum absolute atomic E-state index is 13.2. The summed E-state index contributed by atoms with van der Waals surface area (Å²) in [6.45, 7) is 2.75. The lowest BCUT2D eigenvalue weighted by molar-refractivity contribution is 0.250. The molecule has 0 saturated heterocycles. The van der Waals surface area contributed by atoms with Gasteiger partial charge in [0.05, 0.1) is 18.2 Å². The van der Waals surface area contributed by atoms with Crippen LogP contribution in [0.1, 0.15) is 24.9 Å². The number of anilines is 1. The van der Waals surface area contributed by atoms with Gasteiger partial charge in [-0.2, -0.15) is 0 Å². The van der Waals surface area contributed by atoms with Crippen molar-refractivity contribution in [1.29, 1.82) is 0 Å². The van der Waals surface area contributed by atoms with Crippen molar-refractivity contribution in [2.75, 3.05) is 18.5 Å². The topological polar surface area (TPSA) is 75.9 Å². The van der Waals surface area contributed by atoms with E-state index in [9.17, 15) is 9.50 Å². The van der Waals surface area contributed by atoms with Crippen LogP contribution >= 0.6 is 0 Å². The summed E-state index contributed by atoms with van der Waals surface area (Å²) < 4.78 is 15.0. The number of hydrogen-bond donors (Lipinski definition) is 2. The molecule has 2 heterocycles. The molecule has 0 aliphatic carbocycles. The number of imidazole rings is 1. The van der Waals surface area contributed by atoms with Crippen LogP contribution < -0.4 is 5.32 Å². The van der Waals surface area contributed by atoms with Crippen molar-refractivity contribution in [3.63, 3.8) is 0 Å². The molecule has 2 N–H and O–H groups in total. The molecule has 7 heteroatoms. The number of aliphatic hydroxyl groups excluding tert-OH is 1. The molecule has 0 aliphatic heterocycles. The minimum Gasteiger partial charge on any atom is -0.394 e. The van der Waals surface area contributed by atoms with Crippen LogP contribution in [0.3, 0.4) is 0 Å². The first-order valence-corrected chi connectivity index (χ1v) is 8.18. The summed E-state index contributed by atoms with van der Waals surface area (Å²) in [6.07, 6.45) is 7.82. The third-order valence-electron chi connectivity index (χ3n) is 3.88. The number of rotatable bonds is 7. The Morgan fingerprint density at radius 2 is 1.88 bits per heavy atom. The van der Waals surface area contributed by atoms with Gasteiger partial charge < -0.3 is 15.0 Å². The van der Waals surface area contributed by atoms with E-state index in [4.69, 9.17) is 0 Å². The first-order valence-electron chi connectivity index (χ1n) is 8.18. The number of nitrogens with zero attached hydrogens (tertiary/aromatic N) is 4. The summed E-state index contributed by atoms with van der Waals surface area (Å²) in [6, 6.07) is 5.72. The van der Waals surface area contributed by atoms with E-state index >= 15 is 0 Å². The summed E-state index contributed by atoms with van der Waals surface area (Å²) >= 11 is 0. The Bertz CT molecular complexity index is 801. The largest absolute Gasteiger partial charge is 0.394 e. The molecule has 1 atom stereocenters. The number of benzene rings is 1. The maximum atomic E-state index is 13.2. The zero-order valence-electron chi connectivity index (χ0n) is 13.9. The van der Waals surface area contributed by atoms with Crippen LogP contribution in [-0.4, -0.2) is 37.8 Å². The van der Waals surface area contributed by atoms with Gasteiger partial charge in [-0.05, 0) is 24.1 Å². The highest BCUT2D eigenvalue weighted by Crippen LogP contribution is 2.25. The monoisotopic (exact) mass is 341 g/mol. The molecular formula is C18H20FN5O. The zero-order chi connectivity index (χ0) is 17.6. The Morgan fingerprint density at radius 1 is 1.16 bits per heavy atom. The fourth-order valence-corrected chi connectivity index (χ4v) is 2.60. The van der Waals surface area contributed by atoms with Crippen molar-refractivity contribution in [2.45, 2.75) is 19.4 Å². The second kappa shape index (κ2) is 7.85. The Morgan fingerprint density at radius 3 is 2.52 bits per heavy atom. The predicted octanol–water partition coefficient (Wildman–Crippen LogP) is 2.88. The van der Waals surface area contributed by atoms with Crippen LogP contribution in [0.15, 0.2) is 49.1 Å². The second-order valence-electron chi connectivity index (χ2n) is 5.63. The molecule has 6 nitrogen and oxygen atoms in total. The molecule has 0 spiro atoms. The highest BCUT2D eigenvalue weighted by molar-refractivity contribution is 5.54. The Hall–Kier alpha value is -2.80. The van der Waals surface area contributed by atoms with Crippen molar-refractivity contribution < 1.29 is 9.50 Å². The van der Waals surface area contributed by atoms with Crippen LogP contribution in [0.2, 0.25) is 0 Å². The van der Waals surface area contributed by atoms with E-state index in [1.54, 1.807) is 36.9 Å². The van der Waals surface area contributed by atoms with Gasteiger partial charge in [-0.15, -0.1) is 0 Å². The minimum absolute atomic E-state index is 0.133. The van der Waals surface area contributed by atoms with Gasteiger partial charge in [0.25, 0.3) is 0 Å². The molecule has 3 rings (SSSR count). The smallest absolute Gasteiger partial charge is 0.222 e. The third-order valence-corrected chi connectivity index (χ3v) is 3.88. The van der Waals surface area contributed by atoms with Gasteiger partial charge in [0, 0.05) is 31.3 Å². The molecule has 0 amide bonds. The number of halogens is 1. The van der Waals surface area contributed by atoms with Gasteiger partial charge in [-0.1, -0.05) is 19.1 Å². The van der Waals surface area contributed by atoms with Gasteiger partial charge in [0.1, 0.15) is 11.6 Å². The lowest BCUT2D eigenvalue weighted by atomic mass is 10.1. The van der Waals surface area contributed by atoms with Crippen molar-refractivity contribution in [3.8, 4) is 11.4 Å². The number of aliphatic hydroxyl groups is 1. The molecule has 0 radical (unpaired) electrons. The quantitative estimate of drug-likeness (QED) is 0.691. The molecule has 1 aromatic carbocycles. The van der Waals surface area contributed by atoms with Gasteiger partial charge in [-0.3, -0.25) is 0 Å². The number of hydrogen-bond acceptors (Lipinski definition) is 5. The van der Waals surface area contributed by atoms with Gasteiger partial charge in [-0.25, -0.2) is 19.3 Å². The molecule has 1 unspecified atom stereocenters. The molecule has 0 fully saturated rings. The van der Waals surface area contributed by atoms with E-state index in [1.807, 2.05) is 4.57 Å². The van der Waals surface area contributed by atoms with Crippen molar-refractivity contribution >= 4 is 5.95 Å². The summed E-state index contributed by atoms with van der Waals surface area (Å²) in [5, 5.41) is 13.0. The van der Waals surface area contributed by atoms with Gasteiger partial charge in [0.15, 0.2) is 0 Å². The van der Waals surface area contributed by atoms with Crippen LogP contribution in [-0.2, 0) is 0 Å². The van der Waals surface area contributed by atoms with Crippen molar-refractivity contribution in [2.24, 2.45) is 0 Å². The van der Waals surface area contributed by atoms with Crippen molar-refractivity contribution in [1.82, 2.24) is 19.5 Å². The van der Waals surface area contributed by atoms with Crippen LogP contribution in [0.4, 0.5) is 10.3 Å². The summed E-state index contributed by atoms with van der Waals surface area (Å²) in [7, 11) is 0. The number of aromatic nitrogens is 4. The van der Waals surface area contributed by atoms with Crippen molar-refractivity contribution in [3.05, 3.63) is 60.4 Å². The van der Waals surface area contributed by atoms with Gasteiger partial charge in [0.2, 0.25) is 5.95 Å². The van der Waals surface area contributed by atoms with E-state index in [1.165, 1.54) is 12.1 Å². The molecule has 130 valence electrons. The Balaban J connectivity index is 1.89. The van der Waals surface area contributed by atoms with Crippen LogP contribution in [0.5, 0.6) is 0 Å². The minimum atomic E-state index is -0.365. The van der Waals surface area contributed by atoms with E-state index in [2.05, 4.69) is 27.2 Å². The van der Waals surface area contributed by atoms with Gasteiger partial charge >= 0.3 is 0 Å². The highest BCUT2D eigenvalue weighted by Gasteiger charge is 2.17. The van der Waals surface area contributed by atoms with E-state index in [0.29, 0.717) is 11.8 Å². The molecule has 2 aromatic heterocycles. The first kappa shape index (κ1) is 17.0. The molecule has 0 saturated carbocycles. The van der Waals surface area contributed by atoms with Crippen LogP contribution in [0, 0.1) is 5.82 Å². The average molecular weight is 341 g/mol.